The lowest BCUT2D eigenvalue weighted by atomic mass is 10.2. The van der Waals surface area contributed by atoms with E-state index in [4.69, 9.17) is 11.6 Å². The first kappa shape index (κ1) is 12.6. The minimum absolute atomic E-state index is 0.737. The Hall–Kier alpha value is -2.39. The van der Waals surface area contributed by atoms with Crippen LogP contribution in [0.1, 0.15) is 11.3 Å². The smallest absolute Gasteiger partial charge is 0.153 e. The second-order valence-electron chi connectivity index (χ2n) is 4.24. The lowest BCUT2D eigenvalue weighted by Crippen LogP contribution is -2.00. The third-order valence-electron chi connectivity index (χ3n) is 2.85. The van der Waals surface area contributed by atoms with Gasteiger partial charge in [-0.2, -0.15) is 5.10 Å². The number of rotatable bonds is 3. The predicted molar refractivity (Wildman–Crippen MR) is 81.7 cm³/mol. The molecule has 0 saturated heterocycles. The zero-order chi connectivity index (χ0) is 13.8. The molecule has 0 unspecified atom stereocenters. The molecule has 98 valence electrons. The molecule has 3 nitrogen and oxygen atoms in total. The van der Waals surface area contributed by atoms with Crippen molar-refractivity contribution in [1.29, 1.82) is 0 Å². The van der Waals surface area contributed by atoms with Gasteiger partial charge >= 0.3 is 0 Å². The maximum Gasteiger partial charge on any atom is 0.153 e. The van der Waals surface area contributed by atoms with Gasteiger partial charge in [-0.05, 0) is 42.0 Å². The van der Waals surface area contributed by atoms with Crippen LogP contribution in [0, 0.1) is 0 Å². The Morgan fingerprint density at radius 2 is 1.75 bits per heavy atom. The molecule has 0 saturated carbocycles. The maximum absolute atomic E-state index is 5.87. The second-order valence-corrected chi connectivity index (χ2v) is 4.68. The van der Waals surface area contributed by atoms with Gasteiger partial charge in [-0.3, -0.25) is 0 Å². The Labute approximate surface area is 122 Å². The van der Waals surface area contributed by atoms with Gasteiger partial charge in [0.2, 0.25) is 0 Å². The number of aromatic nitrogens is 3. The molecule has 3 rings (SSSR count). The topological polar surface area (TPSA) is 30.7 Å². The van der Waals surface area contributed by atoms with Crippen LogP contribution in [-0.2, 0) is 0 Å². The summed E-state index contributed by atoms with van der Waals surface area (Å²) in [6.45, 7) is 0. The highest BCUT2D eigenvalue weighted by Gasteiger charge is 2.02. The number of hydrogen-bond acceptors (Lipinski definition) is 2. The van der Waals surface area contributed by atoms with Gasteiger partial charge in [0.05, 0.1) is 11.9 Å². The van der Waals surface area contributed by atoms with Crippen LogP contribution < -0.4 is 0 Å². The Balaban J connectivity index is 1.89. The second kappa shape index (κ2) is 5.72. The van der Waals surface area contributed by atoms with E-state index in [1.54, 1.807) is 17.1 Å². The van der Waals surface area contributed by atoms with Crippen molar-refractivity contribution in [2.24, 2.45) is 0 Å². The molecule has 0 spiro atoms. The van der Waals surface area contributed by atoms with Crippen molar-refractivity contribution in [3.63, 3.8) is 0 Å². The molecule has 0 aliphatic heterocycles. The molecule has 1 aromatic carbocycles. The molecule has 0 fully saturated rings. The summed E-state index contributed by atoms with van der Waals surface area (Å²) >= 11 is 5.87. The number of benzene rings is 1. The molecular weight excluding hydrogens is 270 g/mol. The lowest BCUT2D eigenvalue weighted by Gasteiger charge is -2.02. The SMILES string of the molecule is Clc1ccc(/C=C/c2ccnn2-c2ccccn2)cc1. The third-order valence-corrected chi connectivity index (χ3v) is 3.11. The summed E-state index contributed by atoms with van der Waals surface area (Å²) in [4.78, 5) is 4.30. The van der Waals surface area contributed by atoms with Crippen LogP contribution in [0.3, 0.4) is 0 Å². The van der Waals surface area contributed by atoms with E-state index in [-0.39, 0.29) is 0 Å². The highest BCUT2D eigenvalue weighted by Crippen LogP contribution is 2.14. The van der Waals surface area contributed by atoms with Gasteiger partial charge in [0.1, 0.15) is 0 Å². The van der Waals surface area contributed by atoms with Crippen molar-refractivity contribution in [2.45, 2.75) is 0 Å². The van der Waals surface area contributed by atoms with Gasteiger partial charge in [-0.1, -0.05) is 35.9 Å². The minimum Gasteiger partial charge on any atom is -0.237 e. The van der Waals surface area contributed by atoms with E-state index in [0.29, 0.717) is 0 Å². The summed E-state index contributed by atoms with van der Waals surface area (Å²) in [5.41, 5.74) is 2.06. The number of hydrogen-bond donors (Lipinski definition) is 0. The van der Waals surface area contributed by atoms with E-state index < -0.39 is 0 Å². The number of pyridine rings is 1. The Bertz CT molecular complexity index is 715. The molecule has 0 radical (unpaired) electrons. The van der Waals surface area contributed by atoms with Crippen molar-refractivity contribution < 1.29 is 0 Å². The van der Waals surface area contributed by atoms with Gasteiger partial charge in [-0.25, -0.2) is 9.67 Å². The molecule has 0 aliphatic rings. The monoisotopic (exact) mass is 281 g/mol. The molecule has 20 heavy (non-hydrogen) atoms. The summed E-state index contributed by atoms with van der Waals surface area (Å²) in [7, 11) is 0. The maximum atomic E-state index is 5.87. The molecular formula is C16H12ClN3. The molecule has 4 heteroatoms. The molecule has 0 atom stereocenters. The highest BCUT2D eigenvalue weighted by molar-refractivity contribution is 6.30. The zero-order valence-electron chi connectivity index (χ0n) is 10.6. The quantitative estimate of drug-likeness (QED) is 0.724. The fourth-order valence-electron chi connectivity index (χ4n) is 1.87. The summed E-state index contributed by atoms with van der Waals surface area (Å²) in [5.74, 6) is 0.799. The Morgan fingerprint density at radius 1 is 0.900 bits per heavy atom. The zero-order valence-corrected chi connectivity index (χ0v) is 11.4. The van der Waals surface area contributed by atoms with E-state index >= 15 is 0 Å². The Morgan fingerprint density at radius 3 is 2.50 bits per heavy atom. The summed E-state index contributed by atoms with van der Waals surface area (Å²) in [6.07, 6.45) is 7.54. The average molecular weight is 282 g/mol. The van der Waals surface area contributed by atoms with E-state index in [9.17, 15) is 0 Å². The van der Waals surface area contributed by atoms with Crippen LogP contribution >= 0.6 is 11.6 Å². The van der Waals surface area contributed by atoms with Gasteiger partial charge in [0.25, 0.3) is 0 Å². The lowest BCUT2D eigenvalue weighted by molar-refractivity contribution is 0.839. The van der Waals surface area contributed by atoms with Crippen LogP contribution in [0.5, 0.6) is 0 Å². The highest BCUT2D eigenvalue weighted by atomic mass is 35.5. The van der Waals surface area contributed by atoms with Crippen molar-refractivity contribution >= 4 is 23.8 Å². The third kappa shape index (κ3) is 2.78. The van der Waals surface area contributed by atoms with Gasteiger partial charge < -0.3 is 0 Å². The van der Waals surface area contributed by atoms with Crippen LogP contribution in [-0.4, -0.2) is 14.8 Å². The fraction of sp³-hybridized carbons (Fsp3) is 0. The molecule has 2 heterocycles. The van der Waals surface area contributed by atoms with Crippen LogP contribution in [0.4, 0.5) is 0 Å². The Kier molecular flexibility index (Phi) is 3.61. The van der Waals surface area contributed by atoms with Crippen molar-refractivity contribution in [3.05, 3.63) is 77.2 Å². The largest absolute Gasteiger partial charge is 0.237 e. The number of halogens is 1. The first-order valence-corrected chi connectivity index (χ1v) is 6.60. The fourth-order valence-corrected chi connectivity index (χ4v) is 1.99. The van der Waals surface area contributed by atoms with E-state index in [1.165, 1.54) is 0 Å². The van der Waals surface area contributed by atoms with E-state index in [0.717, 1.165) is 22.1 Å². The normalized spacial score (nSPS) is 11.1. The first-order valence-electron chi connectivity index (χ1n) is 6.22. The van der Waals surface area contributed by atoms with Crippen LogP contribution in [0.2, 0.25) is 5.02 Å². The van der Waals surface area contributed by atoms with Crippen molar-refractivity contribution in [2.75, 3.05) is 0 Å². The summed E-state index contributed by atoms with van der Waals surface area (Å²) in [5, 5.41) is 5.03. The first-order chi connectivity index (χ1) is 9.83. The van der Waals surface area contributed by atoms with Crippen molar-refractivity contribution in [3.8, 4) is 5.82 Å². The van der Waals surface area contributed by atoms with Gasteiger partial charge in [0.15, 0.2) is 5.82 Å². The number of nitrogens with zero attached hydrogens (tertiary/aromatic N) is 3. The van der Waals surface area contributed by atoms with Gasteiger partial charge in [0, 0.05) is 11.2 Å². The van der Waals surface area contributed by atoms with Crippen molar-refractivity contribution in [1.82, 2.24) is 14.8 Å². The molecule has 2 aromatic heterocycles. The molecule has 0 amide bonds. The van der Waals surface area contributed by atoms with E-state index in [2.05, 4.69) is 10.1 Å². The van der Waals surface area contributed by atoms with E-state index in [1.807, 2.05) is 60.7 Å². The predicted octanol–water partition coefficient (Wildman–Crippen LogP) is 4.09. The molecule has 0 aliphatic carbocycles. The summed E-state index contributed by atoms with van der Waals surface area (Å²) < 4.78 is 1.80. The van der Waals surface area contributed by atoms with Crippen LogP contribution in [0.15, 0.2) is 60.9 Å². The molecule has 0 N–H and O–H groups in total. The average Bonchev–Trinajstić information content (AvgIpc) is 2.96. The van der Waals surface area contributed by atoms with Gasteiger partial charge in [-0.15, -0.1) is 0 Å². The standard InChI is InChI=1S/C16H12ClN3/c17-14-7-4-13(5-8-14)6-9-15-10-12-19-20(15)16-3-1-2-11-18-16/h1-12H/b9-6+. The van der Waals surface area contributed by atoms with Crippen LogP contribution in [0.25, 0.3) is 18.0 Å². The molecule has 0 bridgehead atoms. The molecule has 3 aromatic rings. The summed E-state index contributed by atoms with van der Waals surface area (Å²) in [6, 6.07) is 15.4. The minimum atomic E-state index is 0.737.